The van der Waals surface area contributed by atoms with Gasteiger partial charge in [-0.25, -0.2) is 4.79 Å². The fourth-order valence-electron chi connectivity index (χ4n) is 6.82. The fourth-order valence-corrected chi connectivity index (χ4v) is 6.82. The van der Waals surface area contributed by atoms with Crippen molar-refractivity contribution in [3.63, 3.8) is 0 Å². The average molecular weight is 555 g/mol. The third-order valence-electron chi connectivity index (χ3n) is 9.77. The predicted molar refractivity (Wildman–Crippen MR) is 158 cm³/mol. The summed E-state index contributed by atoms with van der Waals surface area (Å²) in [5.74, 6) is -0.432. The van der Waals surface area contributed by atoms with Crippen molar-refractivity contribution in [3.05, 3.63) is 35.6 Å². The first kappa shape index (κ1) is 30.4. The molecular formula is C33H50N2O5. The van der Waals surface area contributed by atoms with E-state index in [1.54, 1.807) is 18.4 Å². The summed E-state index contributed by atoms with van der Waals surface area (Å²) in [6, 6.07) is 5.11. The fraction of sp³-hybridized carbons (Fsp3) is 0.697. The number of nitrogens with one attached hydrogen (secondary N) is 1. The van der Waals surface area contributed by atoms with Crippen LogP contribution in [0.1, 0.15) is 94.6 Å². The Morgan fingerprint density at radius 3 is 2.27 bits per heavy atom. The second-order valence-corrected chi connectivity index (χ2v) is 15.6. The van der Waals surface area contributed by atoms with Crippen molar-refractivity contribution in [1.82, 2.24) is 4.90 Å². The number of carbonyl (C=O) groups excluding carboxylic acids is 2. The number of phenolic OH excluding ortho intramolecular Hbond substituents is 1. The highest BCUT2D eigenvalue weighted by Gasteiger charge is 2.63. The lowest BCUT2D eigenvalue weighted by Gasteiger charge is -2.54. The molecule has 40 heavy (non-hydrogen) atoms. The first-order chi connectivity index (χ1) is 18.2. The average Bonchev–Trinajstić information content (AvgIpc) is 3.29. The number of hydrogen-bond donors (Lipinski definition) is 2. The van der Waals surface area contributed by atoms with Gasteiger partial charge >= 0.3 is 5.97 Å². The summed E-state index contributed by atoms with van der Waals surface area (Å²) in [7, 11) is 0. The van der Waals surface area contributed by atoms with Gasteiger partial charge in [0, 0.05) is 29.8 Å². The molecule has 2 fully saturated rings. The van der Waals surface area contributed by atoms with Crippen LogP contribution < -0.4 is 5.32 Å². The first-order valence-corrected chi connectivity index (χ1v) is 14.7. The van der Waals surface area contributed by atoms with Crippen LogP contribution in [0.2, 0.25) is 0 Å². The lowest BCUT2D eigenvalue weighted by atomic mass is 9.55. The van der Waals surface area contributed by atoms with E-state index in [0.29, 0.717) is 29.7 Å². The smallest absolute Gasteiger partial charge is 0.337 e. The van der Waals surface area contributed by atoms with Crippen molar-refractivity contribution >= 4 is 17.6 Å². The molecule has 0 saturated carbocycles. The number of carbonyl (C=O) groups is 2. The van der Waals surface area contributed by atoms with Crippen LogP contribution in [0.15, 0.2) is 30.0 Å². The Labute approximate surface area is 240 Å². The summed E-state index contributed by atoms with van der Waals surface area (Å²) >= 11 is 0. The molecule has 0 radical (unpaired) electrons. The molecule has 7 heteroatoms. The van der Waals surface area contributed by atoms with Crippen molar-refractivity contribution < 1.29 is 24.2 Å². The Hall–Kier alpha value is -2.54. The molecule has 2 N–H and O–H groups in total. The summed E-state index contributed by atoms with van der Waals surface area (Å²) in [5.41, 5.74) is -0.372. The Balaban J connectivity index is 1.87. The Bertz CT molecular complexity index is 1200. The Morgan fingerprint density at radius 2 is 1.70 bits per heavy atom. The molecule has 0 aromatic heterocycles. The summed E-state index contributed by atoms with van der Waals surface area (Å²) in [6.45, 7) is 24.3. The van der Waals surface area contributed by atoms with Gasteiger partial charge in [0.1, 0.15) is 11.4 Å². The van der Waals surface area contributed by atoms with Gasteiger partial charge in [0.15, 0.2) is 0 Å². The molecule has 1 amide bonds. The number of piperidine rings is 1. The SMILES string of the molecule is CC(C)(C)OC=C(C(=O)OC(C)(C)C)C1CC2N(CCC23C(=O)Nc2cccc(O)c23)CC1C(C)(C)C(C)(C)C. The van der Waals surface area contributed by atoms with Gasteiger partial charge in [0.2, 0.25) is 5.91 Å². The second kappa shape index (κ2) is 9.78. The number of aromatic hydroxyl groups is 1. The van der Waals surface area contributed by atoms with Crippen LogP contribution >= 0.6 is 0 Å². The summed E-state index contributed by atoms with van der Waals surface area (Å²) < 4.78 is 12.1. The highest BCUT2D eigenvalue weighted by Crippen LogP contribution is 2.59. The van der Waals surface area contributed by atoms with E-state index >= 15 is 0 Å². The van der Waals surface area contributed by atoms with Crippen LogP contribution in [0.5, 0.6) is 5.75 Å². The minimum Gasteiger partial charge on any atom is -0.508 e. The summed E-state index contributed by atoms with van der Waals surface area (Å²) in [5, 5.41) is 14.1. The predicted octanol–water partition coefficient (Wildman–Crippen LogP) is 6.41. The number of phenols is 1. The normalized spacial score (nSPS) is 27.8. The first-order valence-electron chi connectivity index (χ1n) is 14.7. The van der Waals surface area contributed by atoms with Crippen LogP contribution in [0.25, 0.3) is 0 Å². The number of ether oxygens (including phenoxy) is 2. The molecule has 2 saturated heterocycles. The maximum atomic E-state index is 13.9. The van der Waals surface area contributed by atoms with Gasteiger partial charge in [0.25, 0.3) is 0 Å². The maximum absolute atomic E-state index is 13.9. The molecule has 4 unspecified atom stereocenters. The second-order valence-electron chi connectivity index (χ2n) is 15.6. The lowest BCUT2D eigenvalue weighted by Crippen LogP contribution is -2.58. The van der Waals surface area contributed by atoms with Crippen molar-refractivity contribution in [2.24, 2.45) is 22.7 Å². The number of fused-ring (bicyclic) bond motifs is 4. The molecule has 4 atom stereocenters. The van der Waals surface area contributed by atoms with Gasteiger partial charge in [0.05, 0.1) is 22.9 Å². The molecule has 222 valence electrons. The van der Waals surface area contributed by atoms with E-state index in [2.05, 4.69) is 44.8 Å². The molecule has 3 aliphatic heterocycles. The van der Waals surface area contributed by atoms with Gasteiger partial charge in [-0.3, -0.25) is 9.69 Å². The largest absolute Gasteiger partial charge is 0.508 e. The summed E-state index contributed by atoms with van der Waals surface area (Å²) in [6.07, 6.45) is 2.82. The summed E-state index contributed by atoms with van der Waals surface area (Å²) in [4.78, 5) is 30.1. The van der Waals surface area contributed by atoms with E-state index in [9.17, 15) is 14.7 Å². The standard InChI is InChI=1S/C33H50N2O5/c1-29(2,3)32(10,11)22-18-35-16-15-33(26-23(34-28(33)38)13-12-14-24(26)36)25(35)17-20(22)21(19-39-30(4,5)6)27(37)40-31(7,8)9/h12-14,19-20,22,25,36H,15-18H2,1-11H3,(H,34,38). The maximum Gasteiger partial charge on any atom is 0.337 e. The van der Waals surface area contributed by atoms with Crippen molar-refractivity contribution in [3.8, 4) is 5.75 Å². The number of benzene rings is 1. The van der Waals surface area contributed by atoms with Crippen LogP contribution in [-0.4, -0.2) is 52.2 Å². The zero-order chi connectivity index (χ0) is 30.1. The number of esters is 1. The molecule has 7 nitrogen and oxygen atoms in total. The van der Waals surface area contributed by atoms with E-state index < -0.39 is 16.6 Å². The third kappa shape index (κ3) is 5.26. The van der Waals surface area contributed by atoms with E-state index in [1.807, 2.05) is 47.6 Å². The lowest BCUT2D eigenvalue weighted by molar-refractivity contribution is -0.152. The molecule has 3 heterocycles. The molecule has 0 aliphatic carbocycles. The number of hydrogen-bond acceptors (Lipinski definition) is 6. The van der Waals surface area contributed by atoms with E-state index in [1.165, 1.54) is 0 Å². The zero-order valence-corrected chi connectivity index (χ0v) is 26.4. The van der Waals surface area contributed by atoms with E-state index in [4.69, 9.17) is 9.47 Å². The Morgan fingerprint density at radius 1 is 1.05 bits per heavy atom. The van der Waals surface area contributed by atoms with Crippen LogP contribution in [-0.2, 0) is 24.5 Å². The van der Waals surface area contributed by atoms with Crippen LogP contribution in [0.3, 0.4) is 0 Å². The zero-order valence-electron chi connectivity index (χ0n) is 26.4. The number of amides is 1. The van der Waals surface area contributed by atoms with Gasteiger partial charge in [-0.2, -0.15) is 0 Å². The molecule has 1 spiro atoms. The molecule has 1 aromatic carbocycles. The van der Waals surface area contributed by atoms with Gasteiger partial charge < -0.3 is 19.9 Å². The minimum atomic E-state index is -0.875. The topological polar surface area (TPSA) is 88.1 Å². The van der Waals surface area contributed by atoms with Gasteiger partial charge in [-0.05, 0) is 89.8 Å². The minimum absolute atomic E-state index is 0.0559. The molecule has 3 aliphatic rings. The molecule has 0 bridgehead atoms. The number of rotatable bonds is 4. The molecular weight excluding hydrogens is 504 g/mol. The quantitative estimate of drug-likeness (QED) is 0.254. The highest BCUT2D eigenvalue weighted by molar-refractivity contribution is 6.08. The van der Waals surface area contributed by atoms with Gasteiger partial charge in [-0.15, -0.1) is 0 Å². The van der Waals surface area contributed by atoms with Gasteiger partial charge in [-0.1, -0.05) is 40.7 Å². The number of anilines is 1. The van der Waals surface area contributed by atoms with Crippen molar-refractivity contribution in [2.45, 2.75) is 112 Å². The van der Waals surface area contributed by atoms with Crippen LogP contribution in [0, 0.1) is 22.7 Å². The molecule has 1 aromatic rings. The monoisotopic (exact) mass is 554 g/mol. The van der Waals surface area contributed by atoms with E-state index in [0.717, 1.165) is 13.1 Å². The number of nitrogens with zero attached hydrogens (tertiary/aromatic N) is 1. The third-order valence-corrected chi connectivity index (χ3v) is 9.77. The van der Waals surface area contributed by atoms with Crippen molar-refractivity contribution in [2.75, 3.05) is 18.4 Å². The molecule has 4 rings (SSSR count). The van der Waals surface area contributed by atoms with Crippen LogP contribution in [0.4, 0.5) is 5.69 Å². The Kier molecular flexibility index (Phi) is 7.44. The van der Waals surface area contributed by atoms with E-state index in [-0.39, 0.29) is 46.3 Å². The van der Waals surface area contributed by atoms with Crippen molar-refractivity contribution in [1.29, 1.82) is 0 Å². The highest BCUT2D eigenvalue weighted by atomic mass is 16.6.